The van der Waals surface area contributed by atoms with Crippen molar-refractivity contribution < 1.29 is 24.4 Å². The molecule has 0 amide bonds. The Bertz CT molecular complexity index is 150. The minimum atomic E-state index is -1.59. The number of aliphatic hydroxyl groups excluding tert-OH is 3. The summed E-state index contributed by atoms with van der Waals surface area (Å²) in [6.07, 6.45) is -6.09. The molecule has 0 aliphatic carbocycles. The van der Waals surface area contributed by atoms with Crippen LogP contribution in [-0.4, -0.2) is 52.5 Å². The Hall–Kier alpha value is -0.230. The third-order valence-electron chi connectivity index (χ3n) is 2.07. The van der Waals surface area contributed by atoms with E-state index in [-0.39, 0.29) is 0 Å². The van der Waals surface area contributed by atoms with Gasteiger partial charge >= 0.3 is 0 Å². The molecule has 3 N–H and O–H groups in total. The average molecular weight is 180 g/mol. The van der Waals surface area contributed by atoms with Gasteiger partial charge in [-0.3, -0.25) is 0 Å². The Kier molecular flexibility index (Phi) is 3.00. The van der Waals surface area contributed by atoms with Gasteiger partial charge in [-0.15, -0.1) is 0 Å². The van der Waals surface area contributed by atoms with Gasteiger partial charge < -0.3 is 20.1 Å². The van der Waals surface area contributed by atoms with Gasteiger partial charge in [0.25, 0.3) is 0 Å². The molecule has 72 valence electrons. The lowest BCUT2D eigenvalue weighted by atomic mass is 9.97. The first kappa shape index (κ1) is 9.85. The SMILES string of the molecule is C[C@@H]1OC(CO)[C@H](O)C(O)C1F. The average Bonchev–Trinajstić information content (AvgIpc) is 2.08. The predicted octanol–water partition coefficient (Wildman–Crippen LogP) is -1.17. The molecule has 1 fully saturated rings. The summed E-state index contributed by atoms with van der Waals surface area (Å²) in [5.41, 5.74) is 0. The van der Waals surface area contributed by atoms with Crippen LogP contribution in [0, 0.1) is 0 Å². The summed E-state index contributed by atoms with van der Waals surface area (Å²) in [4.78, 5) is 0. The monoisotopic (exact) mass is 180 g/mol. The van der Waals surface area contributed by atoms with Gasteiger partial charge in [-0.05, 0) is 6.92 Å². The van der Waals surface area contributed by atoms with E-state index in [9.17, 15) is 4.39 Å². The van der Waals surface area contributed by atoms with Crippen LogP contribution in [0.5, 0.6) is 0 Å². The number of alkyl halides is 1. The maximum Gasteiger partial charge on any atom is 0.154 e. The predicted molar refractivity (Wildman–Crippen MR) is 38.3 cm³/mol. The van der Waals surface area contributed by atoms with Crippen LogP contribution >= 0.6 is 0 Å². The summed E-state index contributed by atoms with van der Waals surface area (Å²) in [5.74, 6) is 0. The first-order valence-electron chi connectivity index (χ1n) is 3.84. The molecule has 1 aliphatic heterocycles. The quantitative estimate of drug-likeness (QED) is 0.475. The minimum absolute atomic E-state index is 0.421. The molecule has 3 unspecified atom stereocenters. The standard InChI is InChI=1S/C7H13FO4/c1-3-5(8)7(11)6(10)4(2-9)12-3/h3-7,9-11H,2H2,1H3/t3-,4?,5?,6-,7?/m0/s1. The second kappa shape index (κ2) is 3.66. The van der Waals surface area contributed by atoms with Gasteiger partial charge in [0.15, 0.2) is 6.17 Å². The number of rotatable bonds is 1. The van der Waals surface area contributed by atoms with E-state index in [0.29, 0.717) is 0 Å². The van der Waals surface area contributed by atoms with Gasteiger partial charge in [0.1, 0.15) is 18.3 Å². The number of aliphatic hydroxyl groups is 3. The molecule has 1 saturated heterocycles. The smallest absolute Gasteiger partial charge is 0.154 e. The first-order valence-corrected chi connectivity index (χ1v) is 3.84. The van der Waals surface area contributed by atoms with Crippen LogP contribution in [0.4, 0.5) is 4.39 Å². The van der Waals surface area contributed by atoms with Crippen molar-refractivity contribution in [3.8, 4) is 0 Å². The summed E-state index contributed by atoms with van der Waals surface area (Å²) >= 11 is 0. The molecule has 12 heavy (non-hydrogen) atoms. The largest absolute Gasteiger partial charge is 0.394 e. The first-order chi connectivity index (χ1) is 5.57. The van der Waals surface area contributed by atoms with Gasteiger partial charge in [0.2, 0.25) is 0 Å². The second-order valence-electron chi connectivity index (χ2n) is 2.99. The van der Waals surface area contributed by atoms with Crippen LogP contribution < -0.4 is 0 Å². The van der Waals surface area contributed by atoms with Gasteiger partial charge in [-0.2, -0.15) is 0 Å². The van der Waals surface area contributed by atoms with Crippen LogP contribution in [0.2, 0.25) is 0 Å². The Morgan fingerprint density at radius 2 is 1.92 bits per heavy atom. The molecule has 0 spiro atoms. The maximum absolute atomic E-state index is 12.9. The van der Waals surface area contributed by atoms with E-state index in [1.54, 1.807) is 0 Å². The third-order valence-corrected chi connectivity index (χ3v) is 2.07. The molecule has 4 nitrogen and oxygen atoms in total. The van der Waals surface area contributed by atoms with Crippen molar-refractivity contribution in [3.05, 3.63) is 0 Å². The van der Waals surface area contributed by atoms with E-state index in [4.69, 9.17) is 20.1 Å². The number of hydrogen-bond donors (Lipinski definition) is 3. The number of hydrogen-bond acceptors (Lipinski definition) is 4. The van der Waals surface area contributed by atoms with Crippen molar-refractivity contribution in [3.63, 3.8) is 0 Å². The Morgan fingerprint density at radius 3 is 2.42 bits per heavy atom. The fourth-order valence-corrected chi connectivity index (χ4v) is 1.27. The molecule has 5 heteroatoms. The third kappa shape index (κ3) is 1.59. The molecule has 5 atom stereocenters. The normalized spacial score (nSPS) is 49.2. The van der Waals surface area contributed by atoms with E-state index < -0.39 is 37.2 Å². The molecule has 0 saturated carbocycles. The van der Waals surface area contributed by atoms with E-state index in [0.717, 1.165) is 0 Å². The highest BCUT2D eigenvalue weighted by atomic mass is 19.1. The van der Waals surface area contributed by atoms with E-state index in [1.165, 1.54) is 6.92 Å². The zero-order chi connectivity index (χ0) is 9.30. The van der Waals surface area contributed by atoms with E-state index >= 15 is 0 Å². The zero-order valence-corrected chi connectivity index (χ0v) is 6.72. The van der Waals surface area contributed by atoms with Crippen LogP contribution in [0.1, 0.15) is 6.92 Å². The Labute approximate surface area is 69.6 Å². The van der Waals surface area contributed by atoms with Crippen LogP contribution in [0.25, 0.3) is 0 Å². The van der Waals surface area contributed by atoms with Crippen molar-refractivity contribution in [2.75, 3.05) is 6.61 Å². The summed E-state index contributed by atoms with van der Waals surface area (Å²) in [6.45, 7) is 1.03. The van der Waals surface area contributed by atoms with E-state index in [2.05, 4.69) is 0 Å². The molecule has 0 aromatic heterocycles. The molecule has 0 aromatic rings. The highest BCUT2D eigenvalue weighted by Crippen LogP contribution is 2.22. The molecule has 0 bridgehead atoms. The summed E-state index contributed by atoms with van der Waals surface area (Å²) in [6, 6.07) is 0. The van der Waals surface area contributed by atoms with Crippen LogP contribution in [0.3, 0.4) is 0 Å². The van der Waals surface area contributed by atoms with Crippen molar-refractivity contribution in [1.82, 2.24) is 0 Å². The molecular formula is C7H13FO4. The lowest BCUT2D eigenvalue weighted by Gasteiger charge is -2.37. The van der Waals surface area contributed by atoms with Crippen molar-refractivity contribution in [2.45, 2.75) is 37.5 Å². The minimum Gasteiger partial charge on any atom is -0.394 e. The summed E-state index contributed by atoms with van der Waals surface area (Å²) in [5, 5.41) is 26.9. The molecule has 1 rings (SSSR count). The second-order valence-corrected chi connectivity index (χ2v) is 2.99. The van der Waals surface area contributed by atoms with Gasteiger partial charge in [-0.1, -0.05) is 0 Å². The summed E-state index contributed by atoms with van der Waals surface area (Å²) < 4.78 is 17.8. The highest BCUT2D eigenvalue weighted by Gasteiger charge is 2.42. The molecule has 0 radical (unpaired) electrons. The van der Waals surface area contributed by atoms with Gasteiger partial charge in [0, 0.05) is 0 Å². The summed E-state index contributed by atoms with van der Waals surface area (Å²) in [7, 11) is 0. The van der Waals surface area contributed by atoms with Gasteiger partial charge in [0.05, 0.1) is 12.7 Å². The molecule has 1 heterocycles. The highest BCUT2D eigenvalue weighted by molar-refractivity contribution is 4.90. The van der Waals surface area contributed by atoms with Crippen molar-refractivity contribution >= 4 is 0 Å². The number of halogens is 1. The van der Waals surface area contributed by atoms with Crippen LogP contribution in [-0.2, 0) is 4.74 Å². The fraction of sp³-hybridized carbons (Fsp3) is 1.00. The molecule has 0 aromatic carbocycles. The molecular weight excluding hydrogens is 167 g/mol. The van der Waals surface area contributed by atoms with E-state index in [1.807, 2.05) is 0 Å². The topological polar surface area (TPSA) is 69.9 Å². The van der Waals surface area contributed by atoms with Gasteiger partial charge in [-0.25, -0.2) is 4.39 Å². The Morgan fingerprint density at radius 1 is 1.33 bits per heavy atom. The van der Waals surface area contributed by atoms with Crippen molar-refractivity contribution in [2.24, 2.45) is 0 Å². The maximum atomic E-state index is 12.9. The zero-order valence-electron chi connectivity index (χ0n) is 6.72. The van der Waals surface area contributed by atoms with Crippen molar-refractivity contribution in [1.29, 1.82) is 0 Å². The fourth-order valence-electron chi connectivity index (χ4n) is 1.27. The lowest BCUT2D eigenvalue weighted by molar-refractivity contribution is -0.207. The molecule has 1 aliphatic rings. The number of ether oxygens (including phenoxy) is 1. The Balaban J connectivity index is 2.63. The van der Waals surface area contributed by atoms with Crippen LogP contribution in [0.15, 0.2) is 0 Å². The lowest BCUT2D eigenvalue weighted by Crippen LogP contribution is -2.56.